The third kappa shape index (κ3) is 4.78. The van der Waals surface area contributed by atoms with Crippen LogP contribution in [0.15, 0.2) is 53.6 Å². The maximum Gasteiger partial charge on any atom is 0.323 e. The summed E-state index contributed by atoms with van der Waals surface area (Å²) >= 11 is 0. The van der Waals surface area contributed by atoms with Crippen molar-refractivity contribution in [1.29, 1.82) is 0 Å². The van der Waals surface area contributed by atoms with Gasteiger partial charge in [0, 0.05) is 36.3 Å². The molecule has 0 fully saturated rings. The van der Waals surface area contributed by atoms with Gasteiger partial charge in [0.2, 0.25) is 15.9 Å². The number of carboxylic acid groups (broad SMARTS) is 1. The van der Waals surface area contributed by atoms with E-state index in [1.807, 2.05) is 26.0 Å². The number of rotatable bonds is 8. The number of aliphatic carboxylic acids is 1. The topological polar surface area (TPSA) is 111 Å². The minimum atomic E-state index is -3.72. The summed E-state index contributed by atoms with van der Waals surface area (Å²) in [6.45, 7) is 4.08. The zero-order chi connectivity index (χ0) is 24.5. The number of sulfonamides is 1. The van der Waals surface area contributed by atoms with E-state index < -0.39 is 16.0 Å². The zero-order valence-corrected chi connectivity index (χ0v) is 20.1. The van der Waals surface area contributed by atoms with E-state index in [2.05, 4.69) is 4.98 Å². The van der Waals surface area contributed by atoms with Crippen LogP contribution >= 0.6 is 0 Å². The number of methoxy groups -OCH3 is 1. The molecule has 0 saturated heterocycles. The summed E-state index contributed by atoms with van der Waals surface area (Å²) in [5.41, 5.74) is 2.03. The van der Waals surface area contributed by atoms with Gasteiger partial charge in [0.25, 0.3) is 0 Å². The number of fused-ring (bicyclic) bond motifs is 1. The second kappa shape index (κ2) is 9.47. The first-order valence-corrected chi connectivity index (χ1v) is 12.3. The van der Waals surface area contributed by atoms with Gasteiger partial charge < -0.3 is 19.1 Å². The summed E-state index contributed by atoms with van der Waals surface area (Å²) in [5.74, 6) is -0.0161. The lowest BCUT2D eigenvalue weighted by Crippen LogP contribution is -2.35. The molecule has 3 aromatic rings. The predicted molar refractivity (Wildman–Crippen MR) is 127 cm³/mol. The minimum absolute atomic E-state index is 0.00467. The van der Waals surface area contributed by atoms with Gasteiger partial charge in [-0.1, -0.05) is 6.08 Å². The molecule has 0 aliphatic carbocycles. The van der Waals surface area contributed by atoms with Crippen LogP contribution in [0.1, 0.15) is 25.8 Å². The zero-order valence-electron chi connectivity index (χ0n) is 19.3. The van der Waals surface area contributed by atoms with E-state index in [1.165, 1.54) is 16.0 Å². The summed E-state index contributed by atoms with van der Waals surface area (Å²) < 4.78 is 40.5. The van der Waals surface area contributed by atoms with Crippen LogP contribution in [0.4, 0.5) is 0 Å². The van der Waals surface area contributed by atoms with Gasteiger partial charge >= 0.3 is 5.97 Å². The normalized spacial score (nSPS) is 14.9. The summed E-state index contributed by atoms with van der Waals surface area (Å²) in [5, 5.41) is 10.1. The Bertz CT molecular complexity index is 1340. The van der Waals surface area contributed by atoms with Crippen molar-refractivity contribution >= 4 is 32.6 Å². The van der Waals surface area contributed by atoms with E-state index in [9.17, 15) is 18.3 Å². The van der Waals surface area contributed by atoms with Crippen molar-refractivity contribution in [2.45, 2.75) is 37.8 Å². The molecule has 0 spiro atoms. The summed E-state index contributed by atoms with van der Waals surface area (Å²) in [4.78, 5) is 16.0. The fraction of sp³-hybridized carbons (Fsp3) is 0.333. The second-order valence-electron chi connectivity index (χ2n) is 8.28. The molecule has 1 N–H and O–H groups in total. The number of aromatic nitrogens is 2. The molecule has 0 saturated carbocycles. The molecule has 0 radical (unpaired) electrons. The van der Waals surface area contributed by atoms with Crippen LogP contribution in [0, 0.1) is 0 Å². The van der Waals surface area contributed by atoms with Gasteiger partial charge in [0.15, 0.2) is 0 Å². The molecule has 180 valence electrons. The van der Waals surface area contributed by atoms with Crippen molar-refractivity contribution in [3.8, 4) is 11.6 Å². The minimum Gasteiger partial charge on any atom is -0.491 e. The van der Waals surface area contributed by atoms with Crippen molar-refractivity contribution < 1.29 is 27.8 Å². The lowest BCUT2D eigenvalue weighted by Gasteiger charge is -2.27. The van der Waals surface area contributed by atoms with Crippen molar-refractivity contribution in [3.63, 3.8) is 0 Å². The van der Waals surface area contributed by atoms with Gasteiger partial charge in [-0.05, 0) is 56.2 Å². The lowest BCUT2D eigenvalue weighted by atomic mass is 10.0. The quantitative estimate of drug-likeness (QED) is 0.521. The Morgan fingerprint density at radius 2 is 1.91 bits per heavy atom. The van der Waals surface area contributed by atoms with Gasteiger partial charge in [-0.2, -0.15) is 9.29 Å². The Kier molecular flexibility index (Phi) is 6.63. The molecular weight excluding hydrogens is 458 g/mol. The molecule has 2 aromatic heterocycles. The third-order valence-corrected chi connectivity index (χ3v) is 7.37. The molecule has 4 rings (SSSR count). The molecule has 0 amide bonds. The van der Waals surface area contributed by atoms with Crippen LogP contribution in [0.25, 0.3) is 16.6 Å². The Morgan fingerprint density at radius 3 is 2.56 bits per heavy atom. The van der Waals surface area contributed by atoms with E-state index in [4.69, 9.17) is 9.47 Å². The van der Waals surface area contributed by atoms with Crippen molar-refractivity contribution in [2.75, 3.05) is 20.2 Å². The number of hydrogen-bond acceptors (Lipinski definition) is 6. The highest BCUT2D eigenvalue weighted by Crippen LogP contribution is 2.32. The Morgan fingerprint density at radius 1 is 1.18 bits per heavy atom. The first-order valence-electron chi connectivity index (χ1n) is 10.9. The van der Waals surface area contributed by atoms with E-state index in [-0.39, 0.29) is 24.1 Å². The average molecular weight is 486 g/mol. The highest BCUT2D eigenvalue weighted by molar-refractivity contribution is 7.89. The van der Waals surface area contributed by atoms with Gasteiger partial charge in [0.05, 0.1) is 18.1 Å². The molecule has 3 heterocycles. The van der Waals surface area contributed by atoms with E-state index in [1.54, 1.807) is 36.5 Å². The van der Waals surface area contributed by atoms with Gasteiger partial charge in [-0.25, -0.2) is 8.42 Å². The highest BCUT2D eigenvalue weighted by atomic mass is 32.2. The van der Waals surface area contributed by atoms with E-state index in [0.29, 0.717) is 30.2 Å². The summed E-state index contributed by atoms with van der Waals surface area (Å²) in [6, 6.07) is 9.95. The first kappa shape index (κ1) is 23.8. The molecule has 0 atom stereocenters. The Hall–Kier alpha value is -3.37. The van der Waals surface area contributed by atoms with E-state index >= 15 is 0 Å². The standard InChI is InChI=1S/C24H27N3O6S/c1-16(2)33-18-6-8-19(9-7-18)34(30,31)27-12-4-5-17(13-27)21-14-26(15-23(28)29)24-20(21)10-11-22(25-24)32-3/h5-11,14,16H,4,12-13,15H2,1-3H3,(H,28,29). The monoisotopic (exact) mass is 485 g/mol. The molecular formula is C24H27N3O6S. The molecule has 34 heavy (non-hydrogen) atoms. The number of ether oxygens (including phenoxy) is 2. The van der Waals surface area contributed by atoms with Gasteiger partial charge in [-0.3, -0.25) is 4.79 Å². The molecule has 1 aliphatic rings. The van der Waals surface area contributed by atoms with Crippen molar-refractivity contribution in [2.24, 2.45) is 0 Å². The fourth-order valence-electron chi connectivity index (χ4n) is 4.01. The molecule has 1 aliphatic heterocycles. The van der Waals surface area contributed by atoms with Crippen LogP contribution in [0.3, 0.4) is 0 Å². The molecule has 9 nitrogen and oxygen atoms in total. The van der Waals surface area contributed by atoms with Gasteiger partial charge in [-0.15, -0.1) is 0 Å². The first-order chi connectivity index (χ1) is 16.2. The highest BCUT2D eigenvalue weighted by Gasteiger charge is 2.29. The Labute approximate surface area is 198 Å². The van der Waals surface area contributed by atoms with Crippen LogP contribution in [0.5, 0.6) is 11.6 Å². The largest absolute Gasteiger partial charge is 0.491 e. The van der Waals surface area contributed by atoms with Crippen molar-refractivity contribution in [1.82, 2.24) is 13.9 Å². The number of carbonyl (C=O) groups is 1. The van der Waals surface area contributed by atoms with Crippen LogP contribution in [-0.4, -0.2) is 59.7 Å². The molecule has 10 heteroatoms. The Balaban J connectivity index is 1.65. The van der Waals surface area contributed by atoms with E-state index in [0.717, 1.165) is 16.5 Å². The van der Waals surface area contributed by atoms with Crippen LogP contribution < -0.4 is 9.47 Å². The van der Waals surface area contributed by atoms with Crippen molar-refractivity contribution in [3.05, 3.63) is 54.2 Å². The second-order valence-corrected chi connectivity index (χ2v) is 10.2. The number of nitrogens with zero attached hydrogens (tertiary/aromatic N) is 3. The maximum atomic E-state index is 13.3. The number of hydrogen-bond donors (Lipinski definition) is 1. The summed E-state index contributed by atoms with van der Waals surface area (Å²) in [7, 11) is -2.23. The predicted octanol–water partition coefficient (Wildman–Crippen LogP) is 3.39. The lowest BCUT2D eigenvalue weighted by molar-refractivity contribution is -0.137. The molecule has 1 aromatic carbocycles. The molecule has 0 bridgehead atoms. The SMILES string of the molecule is COc1ccc2c(C3=CCCN(S(=O)(=O)c4ccc(OC(C)C)cc4)C3)cn(CC(=O)O)c2n1. The van der Waals surface area contributed by atoms with Crippen LogP contribution in [0.2, 0.25) is 0 Å². The van der Waals surface area contributed by atoms with Crippen LogP contribution in [-0.2, 0) is 21.4 Å². The maximum absolute atomic E-state index is 13.3. The average Bonchev–Trinajstić information content (AvgIpc) is 3.16. The number of benzene rings is 1. The van der Waals surface area contributed by atoms with Gasteiger partial charge in [0.1, 0.15) is 17.9 Å². The molecule has 0 unspecified atom stereocenters. The number of carboxylic acids is 1. The summed E-state index contributed by atoms with van der Waals surface area (Å²) in [6.07, 6.45) is 4.24. The fourth-order valence-corrected chi connectivity index (χ4v) is 5.44. The third-order valence-electron chi connectivity index (χ3n) is 5.51. The number of pyridine rings is 1. The smallest absolute Gasteiger partial charge is 0.323 e.